The van der Waals surface area contributed by atoms with E-state index in [9.17, 15) is 0 Å². The molecule has 2 rings (SSSR count). The van der Waals surface area contributed by atoms with E-state index in [0.29, 0.717) is 5.02 Å². The molecule has 0 fully saturated rings. The third-order valence-electron chi connectivity index (χ3n) is 2.23. The minimum absolute atomic E-state index is 0.295. The zero-order valence-electron chi connectivity index (χ0n) is 8.26. The van der Waals surface area contributed by atoms with E-state index >= 15 is 0 Å². The summed E-state index contributed by atoms with van der Waals surface area (Å²) in [6.45, 7) is 0. The molecule has 0 aliphatic heterocycles. The van der Waals surface area contributed by atoms with Crippen LogP contribution in [0.4, 0.5) is 0 Å². The van der Waals surface area contributed by atoms with Gasteiger partial charge in [0, 0.05) is 12.1 Å². The van der Waals surface area contributed by atoms with Crippen LogP contribution in [0.15, 0.2) is 30.6 Å². The van der Waals surface area contributed by atoms with Gasteiger partial charge in [0.2, 0.25) is 0 Å². The van der Waals surface area contributed by atoms with Crippen LogP contribution in [0, 0.1) is 0 Å². The number of nitrogens with two attached hydrogens (primary N) is 1. The second-order valence-corrected chi connectivity index (χ2v) is 3.71. The maximum Gasteiger partial charge on any atom is 0.148 e. The third-order valence-corrected chi connectivity index (χ3v) is 2.47. The molecule has 1 heterocycles. The van der Waals surface area contributed by atoms with Gasteiger partial charge < -0.3 is 5.73 Å². The molecule has 0 bridgehead atoms. The lowest BCUT2D eigenvalue weighted by molar-refractivity contribution is 0.659. The Balaban J connectivity index is 2.36. The number of aromatic nitrogens is 3. The van der Waals surface area contributed by atoms with Crippen LogP contribution in [0.5, 0.6) is 0 Å². The second kappa shape index (κ2) is 4.00. The fourth-order valence-electron chi connectivity index (χ4n) is 1.44. The smallest absolute Gasteiger partial charge is 0.148 e. The standard InChI is InChI=1S/C10H11ClN4/c1-15-10(13-6-14-15)9(12)7-3-2-4-8(11)5-7/h2-6,9H,12H2,1H3. The third kappa shape index (κ3) is 2.00. The van der Waals surface area contributed by atoms with E-state index in [4.69, 9.17) is 17.3 Å². The SMILES string of the molecule is Cn1ncnc1C(N)c1cccc(Cl)c1. The molecule has 0 saturated carbocycles. The van der Waals surface area contributed by atoms with Crippen molar-refractivity contribution in [2.24, 2.45) is 12.8 Å². The lowest BCUT2D eigenvalue weighted by atomic mass is 10.1. The molecule has 0 saturated heterocycles. The van der Waals surface area contributed by atoms with E-state index in [1.807, 2.05) is 31.3 Å². The van der Waals surface area contributed by atoms with Crippen LogP contribution in [0.3, 0.4) is 0 Å². The molecular weight excluding hydrogens is 212 g/mol. The lowest BCUT2D eigenvalue weighted by Crippen LogP contribution is -2.17. The Bertz CT molecular complexity index is 466. The molecule has 0 aliphatic rings. The number of hydrogen-bond acceptors (Lipinski definition) is 3. The lowest BCUT2D eigenvalue weighted by Gasteiger charge is -2.10. The van der Waals surface area contributed by atoms with Crippen molar-refractivity contribution < 1.29 is 0 Å². The van der Waals surface area contributed by atoms with E-state index < -0.39 is 0 Å². The van der Waals surface area contributed by atoms with Gasteiger partial charge in [-0.25, -0.2) is 4.98 Å². The average molecular weight is 223 g/mol. The van der Waals surface area contributed by atoms with Gasteiger partial charge in [0.1, 0.15) is 12.2 Å². The van der Waals surface area contributed by atoms with Gasteiger partial charge in [-0.05, 0) is 17.7 Å². The molecule has 1 unspecified atom stereocenters. The van der Waals surface area contributed by atoms with Crippen LogP contribution in [-0.2, 0) is 7.05 Å². The number of benzene rings is 1. The first-order valence-corrected chi connectivity index (χ1v) is 4.91. The first-order valence-electron chi connectivity index (χ1n) is 4.53. The van der Waals surface area contributed by atoms with Crippen LogP contribution < -0.4 is 5.73 Å². The molecule has 1 aromatic heterocycles. The Morgan fingerprint density at radius 1 is 1.47 bits per heavy atom. The molecule has 0 amide bonds. The molecule has 2 N–H and O–H groups in total. The van der Waals surface area contributed by atoms with Crippen molar-refractivity contribution in [2.45, 2.75) is 6.04 Å². The summed E-state index contributed by atoms with van der Waals surface area (Å²) in [7, 11) is 1.81. The summed E-state index contributed by atoms with van der Waals surface area (Å²) < 4.78 is 1.66. The van der Waals surface area contributed by atoms with Crippen molar-refractivity contribution in [1.82, 2.24) is 14.8 Å². The molecule has 15 heavy (non-hydrogen) atoms. The van der Waals surface area contributed by atoms with Crippen LogP contribution >= 0.6 is 11.6 Å². The van der Waals surface area contributed by atoms with E-state index in [-0.39, 0.29) is 6.04 Å². The van der Waals surface area contributed by atoms with Crippen molar-refractivity contribution in [3.05, 3.63) is 47.0 Å². The summed E-state index contributed by atoms with van der Waals surface area (Å²) in [5.41, 5.74) is 6.98. The minimum atomic E-state index is -0.295. The predicted octanol–water partition coefficient (Wildman–Crippen LogP) is 1.52. The van der Waals surface area contributed by atoms with E-state index in [1.165, 1.54) is 6.33 Å². The van der Waals surface area contributed by atoms with Crippen molar-refractivity contribution in [2.75, 3.05) is 0 Å². The summed E-state index contributed by atoms with van der Waals surface area (Å²) in [6, 6.07) is 7.14. The van der Waals surface area contributed by atoms with Crippen molar-refractivity contribution in [3.8, 4) is 0 Å². The van der Waals surface area contributed by atoms with Gasteiger partial charge in [0.05, 0.1) is 6.04 Å². The molecular formula is C10H11ClN4. The molecule has 4 nitrogen and oxygen atoms in total. The highest BCUT2D eigenvalue weighted by Gasteiger charge is 2.13. The van der Waals surface area contributed by atoms with E-state index in [1.54, 1.807) is 4.68 Å². The molecule has 1 aromatic carbocycles. The Labute approximate surface area is 92.7 Å². The van der Waals surface area contributed by atoms with Gasteiger partial charge in [0.25, 0.3) is 0 Å². The highest BCUT2D eigenvalue weighted by Crippen LogP contribution is 2.19. The molecule has 0 aliphatic carbocycles. The van der Waals surface area contributed by atoms with Gasteiger partial charge in [-0.3, -0.25) is 4.68 Å². The number of hydrogen-bond donors (Lipinski definition) is 1. The maximum absolute atomic E-state index is 6.05. The molecule has 5 heteroatoms. The van der Waals surface area contributed by atoms with Gasteiger partial charge in [-0.2, -0.15) is 5.10 Å². The highest BCUT2D eigenvalue weighted by atomic mass is 35.5. The van der Waals surface area contributed by atoms with Gasteiger partial charge in [-0.15, -0.1) is 0 Å². The molecule has 0 radical (unpaired) electrons. The van der Waals surface area contributed by atoms with Crippen molar-refractivity contribution >= 4 is 11.6 Å². The number of aryl methyl sites for hydroxylation is 1. The highest BCUT2D eigenvalue weighted by molar-refractivity contribution is 6.30. The number of nitrogens with zero attached hydrogens (tertiary/aromatic N) is 3. The van der Waals surface area contributed by atoms with Gasteiger partial charge in [-0.1, -0.05) is 23.7 Å². The molecule has 2 aromatic rings. The Kier molecular flexibility index (Phi) is 2.70. The van der Waals surface area contributed by atoms with Crippen LogP contribution in [0.25, 0.3) is 0 Å². The van der Waals surface area contributed by atoms with Crippen LogP contribution in [0.1, 0.15) is 17.4 Å². The fraction of sp³-hybridized carbons (Fsp3) is 0.200. The predicted molar refractivity (Wildman–Crippen MR) is 58.5 cm³/mol. The quantitative estimate of drug-likeness (QED) is 0.838. The minimum Gasteiger partial charge on any atom is -0.318 e. The second-order valence-electron chi connectivity index (χ2n) is 3.27. The summed E-state index contributed by atoms with van der Waals surface area (Å²) in [5, 5.41) is 4.65. The number of rotatable bonds is 2. The normalized spacial score (nSPS) is 12.7. The van der Waals surface area contributed by atoms with Crippen LogP contribution in [0.2, 0.25) is 5.02 Å². The number of halogens is 1. The fourth-order valence-corrected chi connectivity index (χ4v) is 1.63. The van der Waals surface area contributed by atoms with Crippen molar-refractivity contribution in [3.63, 3.8) is 0 Å². The Morgan fingerprint density at radius 2 is 2.27 bits per heavy atom. The van der Waals surface area contributed by atoms with Crippen molar-refractivity contribution in [1.29, 1.82) is 0 Å². The summed E-state index contributed by atoms with van der Waals surface area (Å²) in [6.07, 6.45) is 1.49. The van der Waals surface area contributed by atoms with Crippen LogP contribution in [-0.4, -0.2) is 14.8 Å². The zero-order valence-corrected chi connectivity index (χ0v) is 9.02. The molecule has 78 valence electrons. The van der Waals surface area contributed by atoms with E-state index in [0.717, 1.165) is 11.4 Å². The molecule has 1 atom stereocenters. The van der Waals surface area contributed by atoms with Gasteiger partial charge in [0.15, 0.2) is 0 Å². The maximum atomic E-state index is 6.05. The molecule has 0 spiro atoms. The summed E-state index contributed by atoms with van der Waals surface area (Å²) in [4.78, 5) is 4.11. The average Bonchev–Trinajstić information content (AvgIpc) is 2.63. The Hall–Kier alpha value is -1.39. The Morgan fingerprint density at radius 3 is 2.87 bits per heavy atom. The summed E-state index contributed by atoms with van der Waals surface area (Å²) >= 11 is 5.89. The topological polar surface area (TPSA) is 56.7 Å². The first kappa shape index (κ1) is 10.1. The van der Waals surface area contributed by atoms with E-state index in [2.05, 4.69) is 10.1 Å². The zero-order chi connectivity index (χ0) is 10.8. The monoisotopic (exact) mass is 222 g/mol. The largest absolute Gasteiger partial charge is 0.318 e. The summed E-state index contributed by atoms with van der Waals surface area (Å²) in [5.74, 6) is 0.720. The first-order chi connectivity index (χ1) is 7.18. The van der Waals surface area contributed by atoms with Gasteiger partial charge >= 0.3 is 0 Å².